The molecule has 0 aliphatic carbocycles. The molecular formula is C21H23BN2O7. The number of fused-ring (bicyclic) bond motifs is 1. The Balaban J connectivity index is 1.43. The highest BCUT2D eigenvalue weighted by Gasteiger charge is 2.37. The molecule has 1 fully saturated rings. The van der Waals surface area contributed by atoms with Crippen LogP contribution in [0.5, 0.6) is 17.2 Å². The van der Waals surface area contributed by atoms with Gasteiger partial charge in [0.25, 0.3) is 0 Å². The van der Waals surface area contributed by atoms with E-state index in [1.807, 2.05) is 0 Å². The number of benzene rings is 2. The molecule has 1 atom stereocenters. The molecule has 1 unspecified atom stereocenters. The number of aryl methyl sites for hydroxylation is 2. The SMILES string of the molecule is Cc1cc(C(N)C(=O)N2CC(Oc3ccc4c(c3C(=O)O)OB(O)CC4)C2)ccc1O. The number of ether oxygens (including phenoxy) is 1. The Morgan fingerprint density at radius 2 is 2.03 bits per heavy atom. The number of phenolic OH excluding ortho intramolecular Hbond substituents is 1. The molecule has 0 bridgehead atoms. The minimum absolute atomic E-state index is 0.126. The molecule has 0 spiro atoms. The van der Waals surface area contributed by atoms with Gasteiger partial charge in [-0.3, -0.25) is 4.79 Å². The number of carbonyl (C=O) groups excluding carboxylic acids is 1. The first kappa shape index (κ1) is 21.0. The predicted octanol–water partition coefficient (Wildman–Crippen LogP) is 1.10. The molecule has 2 aromatic rings. The molecule has 162 valence electrons. The van der Waals surface area contributed by atoms with Gasteiger partial charge in [-0.1, -0.05) is 18.2 Å². The zero-order valence-electron chi connectivity index (χ0n) is 16.9. The lowest BCUT2D eigenvalue weighted by Crippen LogP contribution is -2.58. The first-order valence-electron chi connectivity index (χ1n) is 9.99. The summed E-state index contributed by atoms with van der Waals surface area (Å²) in [6, 6.07) is 7.23. The van der Waals surface area contributed by atoms with Gasteiger partial charge in [0.15, 0.2) is 0 Å². The molecule has 1 saturated heterocycles. The van der Waals surface area contributed by atoms with Crippen molar-refractivity contribution in [2.75, 3.05) is 13.1 Å². The van der Waals surface area contributed by atoms with Crippen LogP contribution in [-0.4, -0.2) is 58.3 Å². The minimum Gasteiger partial charge on any atom is -0.535 e. The quantitative estimate of drug-likeness (QED) is 0.521. The van der Waals surface area contributed by atoms with Crippen molar-refractivity contribution in [3.8, 4) is 17.2 Å². The van der Waals surface area contributed by atoms with Crippen LogP contribution in [0.15, 0.2) is 30.3 Å². The Hall–Kier alpha value is -3.24. The van der Waals surface area contributed by atoms with Crippen LogP contribution in [0.1, 0.15) is 33.1 Å². The molecule has 2 aliphatic heterocycles. The van der Waals surface area contributed by atoms with Gasteiger partial charge in [-0.25, -0.2) is 4.79 Å². The summed E-state index contributed by atoms with van der Waals surface area (Å²) in [6.07, 6.45) is 0.520. The molecule has 2 heterocycles. The lowest BCUT2D eigenvalue weighted by Gasteiger charge is -2.40. The summed E-state index contributed by atoms with van der Waals surface area (Å²) in [5, 5.41) is 29.0. The van der Waals surface area contributed by atoms with Crippen molar-refractivity contribution >= 4 is 19.0 Å². The minimum atomic E-state index is -1.21. The molecule has 2 aliphatic rings. The number of carbonyl (C=O) groups is 2. The molecule has 9 nitrogen and oxygen atoms in total. The monoisotopic (exact) mass is 426 g/mol. The second-order valence-electron chi connectivity index (χ2n) is 7.85. The lowest BCUT2D eigenvalue weighted by atomic mass is 9.78. The normalized spacial score (nSPS) is 16.7. The molecule has 2 aromatic carbocycles. The van der Waals surface area contributed by atoms with E-state index >= 15 is 0 Å². The maximum atomic E-state index is 12.7. The van der Waals surface area contributed by atoms with E-state index in [1.165, 1.54) is 11.0 Å². The molecule has 1 amide bonds. The van der Waals surface area contributed by atoms with Gasteiger partial charge < -0.3 is 35.3 Å². The van der Waals surface area contributed by atoms with E-state index in [0.717, 1.165) is 0 Å². The van der Waals surface area contributed by atoms with Gasteiger partial charge >= 0.3 is 13.1 Å². The van der Waals surface area contributed by atoms with Crippen molar-refractivity contribution in [1.82, 2.24) is 4.90 Å². The number of phenols is 1. The van der Waals surface area contributed by atoms with E-state index in [0.29, 0.717) is 29.4 Å². The van der Waals surface area contributed by atoms with Crippen molar-refractivity contribution in [1.29, 1.82) is 0 Å². The average Bonchev–Trinajstić information content (AvgIpc) is 2.70. The van der Waals surface area contributed by atoms with Crippen molar-refractivity contribution < 1.29 is 34.2 Å². The number of nitrogens with two attached hydrogens (primary N) is 1. The fourth-order valence-corrected chi connectivity index (χ4v) is 3.80. The van der Waals surface area contributed by atoms with Crippen LogP contribution in [0.3, 0.4) is 0 Å². The van der Waals surface area contributed by atoms with Crippen molar-refractivity contribution in [2.45, 2.75) is 31.8 Å². The van der Waals surface area contributed by atoms with Gasteiger partial charge in [-0.05, 0) is 48.5 Å². The fraction of sp³-hybridized carbons (Fsp3) is 0.333. The smallest absolute Gasteiger partial charge is 0.522 e. The summed E-state index contributed by atoms with van der Waals surface area (Å²) in [6.45, 7) is 2.26. The molecule has 0 radical (unpaired) electrons. The zero-order chi connectivity index (χ0) is 22.3. The highest BCUT2D eigenvalue weighted by atomic mass is 16.5. The molecule has 0 saturated carbocycles. The number of aromatic hydroxyl groups is 1. The number of aromatic carboxylic acids is 1. The number of rotatable bonds is 5. The second kappa shape index (κ2) is 8.12. The third-order valence-corrected chi connectivity index (χ3v) is 5.63. The Morgan fingerprint density at radius 1 is 1.29 bits per heavy atom. The number of carboxylic acid groups (broad SMARTS) is 1. The van der Waals surface area contributed by atoms with E-state index in [4.69, 9.17) is 15.1 Å². The van der Waals surface area contributed by atoms with Crippen molar-refractivity contribution in [3.63, 3.8) is 0 Å². The summed E-state index contributed by atoms with van der Waals surface area (Å²) in [5.74, 6) is -1.09. The Morgan fingerprint density at radius 3 is 2.71 bits per heavy atom. The Labute approximate surface area is 179 Å². The Bertz CT molecular complexity index is 1040. The van der Waals surface area contributed by atoms with Crippen LogP contribution in [0.25, 0.3) is 0 Å². The van der Waals surface area contributed by atoms with Crippen molar-refractivity contribution in [3.05, 3.63) is 52.6 Å². The first-order chi connectivity index (χ1) is 14.7. The first-order valence-corrected chi connectivity index (χ1v) is 9.99. The lowest BCUT2D eigenvalue weighted by molar-refractivity contribution is -0.141. The molecule has 0 aromatic heterocycles. The third kappa shape index (κ3) is 4.04. The molecule has 31 heavy (non-hydrogen) atoms. The average molecular weight is 426 g/mol. The summed E-state index contributed by atoms with van der Waals surface area (Å²) in [5.41, 5.74) is 7.90. The van der Waals surface area contributed by atoms with E-state index in [1.54, 1.807) is 31.2 Å². The maximum absolute atomic E-state index is 12.7. The number of hydrogen-bond donors (Lipinski definition) is 4. The van der Waals surface area contributed by atoms with Gasteiger partial charge in [0.2, 0.25) is 5.91 Å². The number of hydrogen-bond acceptors (Lipinski definition) is 7. The van der Waals surface area contributed by atoms with Gasteiger partial charge in [0.05, 0.1) is 13.1 Å². The number of nitrogens with zero attached hydrogens (tertiary/aromatic N) is 1. The second-order valence-corrected chi connectivity index (χ2v) is 7.85. The van der Waals surface area contributed by atoms with Crippen LogP contribution >= 0.6 is 0 Å². The summed E-state index contributed by atoms with van der Waals surface area (Å²) >= 11 is 0. The largest absolute Gasteiger partial charge is 0.535 e. The topological polar surface area (TPSA) is 143 Å². The summed E-state index contributed by atoms with van der Waals surface area (Å²) < 4.78 is 11.2. The van der Waals surface area contributed by atoms with Gasteiger partial charge in [0.1, 0.15) is 35.0 Å². The van der Waals surface area contributed by atoms with Gasteiger partial charge in [-0.15, -0.1) is 0 Å². The molecule has 5 N–H and O–H groups in total. The highest BCUT2D eigenvalue weighted by Crippen LogP contribution is 2.37. The summed E-state index contributed by atoms with van der Waals surface area (Å²) in [4.78, 5) is 26.0. The van der Waals surface area contributed by atoms with Crippen LogP contribution in [0.4, 0.5) is 0 Å². The number of amides is 1. The Kier molecular flexibility index (Phi) is 5.51. The van der Waals surface area contributed by atoms with Crippen LogP contribution in [-0.2, 0) is 11.2 Å². The molecule has 10 heteroatoms. The van der Waals surface area contributed by atoms with E-state index < -0.39 is 19.1 Å². The van der Waals surface area contributed by atoms with Crippen molar-refractivity contribution in [2.24, 2.45) is 5.73 Å². The summed E-state index contributed by atoms with van der Waals surface area (Å²) in [7, 11) is -1.05. The van der Waals surface area contributed by atoms with E-state index in [9.17, 15) is 24.8 Å². The van der Waals surface area contributed by atoms with Gasteiger partial charge in [0, 0.05) is 0 Å². The zero-order valence-corrected chi connectivity index (χ0v) is 16.9. The predicted molar refractivity (Wildman–Crippen MR) is 111 cm³/mol. The molecular weight excluding hydrogens is 403 g/mol. The molecule has 4 rings (SSSR count). The van der Waals surface area contributed by atoms with Crippen LogP contribution in [0, 0.1) is 6.92 Å². The van der Waals surface area contributed by atoms with E-state index in [-0.39, 0.29) is 47.9 Å². The maximum Gasteiger partial charge on any atom is 0.522 e. The van der Waals surface area contributed by atoms with Crippen LogP contribution < -0.4 is 15.1 Å². The van der Waals surface area contributed by atoms with E-state index in [2.05, 4.69) is 0 Å². The standard InChI is InChI=1S/C21H23BN2O7/c1-11-8-13(2-4-15(11)25)18(23)20(26)24-9-14(10-24)30-16-5-3-12-6-7-22(29)31-19(12)17(16)21(27)28/h2-5,8,14,18,25,29H,6-7,9-10,23H2,1H3,(H,27,28). The fourth-order valence-electron chi connectivity index (χ4n) is 3.80. The van der Waals surface area contributed by atoms with Crippen LogP contribution in [0.2, 0.25) is 6.32 Å². The number of carboxylic acids is 1. The van der Waals surface area contributed by atoms with Gasteiger partial charge in [-0.2, -0.15) is 0 Å². The number of likely N-dealkylation sites (tertiary alicyclic amines) is 1. The third-order valence-electron chi connectivity index (χ3n) is 5.63. The highest BCUT2D eigenvalue weighted by molar-refractivity contribution is 6.44.